The minimum Gasteiger partial charge on any atom is -0.353 e. The van der Waals surface area contributed by atoms with Gasteiger partial charge < -0.3 is 9.47 Å². The van der Waals surface area contributed by atoms with Crippen molar-refractivity contribution in [3.63, 3.8) is 0 Å². The number of carbonyl (C=O) groups excluding carboxylic acids is 1. The van der Waals surface area contributed by atoms with Gasteiger partial charge in [0.1, 0.15) is 5.78 Å². The van der Waals surface area contributed by atoms with E-state index in [1.54, 1.807) is 0 Å². The molecule has 3 saturated heterocycles. The Morgan fingerprint density at radius 3 is 2.42 bits per heavy atom. The second-order valence-corrected chi connectivity index (χ2v) is 7.61. The molecule has 0 aromatic heterocycles. The number of carbonyl (C=O) groups is 1. The van der Waals surface area contributed by atoms with Crippen LogP contribution in [0.25, 0.3) is 0 Å². The van der Waals surface area contributed by atoms with Gasteiger partial charge in [0.15, 0.2) is 6.29 Å². The molecule has 3 aliphatic rings. The van der Waals surface area contributed by atoms with Crippen molar-refractivity contribution in [1.29, 1.82) is 0 Å². The van der Waals surface area contributed by atoms with Gasteiger partial charge in [-0.05, 0) is 32.1 Å². The van der Waals surface area contributed by atoms with Crippen molar-refractivity contribution >= 4 is 17.5 Å². The Bertz CT molecular complexity index is 303. The Morgan fingerprint density at radius 2 is 1.74 bits per heavy atom. The predicted molar refractivity (Wildman–Crippen MR) is 76.3 cm³/mol. The summed E-state index contributed by atoms with van der Waals surface area (Å²) in [6.07, 6.45) is 8.48. The quantitative estimate of drug-likeness (QED) is 0.794. The van der Waals surface area contributed by atoms with Crippen molar-refractivity contribution in [2.24, 2.45) is 5.92 Å². The first-order chi connectivity index (χ1) is 9.31. The van der Waals surface area contributed by atoms with Crippen LogP contribution in [0.3, 0.4) is 0 Å². The first-order valence-corrected chi connectivity index (χ1v) is 8.67. The number of ether oxygens (including phenoxy) is 2. The van der Waals surface area contributed by atoms with E-state index in [1.165, 1.54) is 19.3 Å². The van der Waals surface area contributed by atoms with Crippen molar-refractivity contribution in [1.82, 2.24) is 0 Å². The molecule has 3 rings (SSSR count). The monoisotopic (exact) mass is 284 g/mol. The molecule has 0 saturated carbocycles. The number of hydrogen-bond acceptors (Lipinski definition) is 4. The number of Topliss-reactive ketones (excluding diaryl/α,β-unsaturated/α-hetero) is 1. The highest BCUT2D eigenvalue weighted by molar-refractivity contribution is 8.00. The zero-order chi connectivity index (χ0) is 13.1. The van der Waals surface area contributed by atoms with Crippen molar-refractivity contribution in [2.45, 2.75) is 68.2 Å². The van der Waals surface area contributed by atoms with Crippen LogP contribution in [0.5, 0.6) is 0 Å². The lowest BCUT2D eigenvalue weighted by molar-refractivity contribution is -0.182. The minimum absolute atomic E-state index is 0.129. The number of thioether (sulfide) groups is 1. The lowest BCUT2D eigenvalue weighted by Gasteiger charge is -2.38. The molecule has 3 fully saturated rings. The van der Waals surface area contributed by atoms with E-state index in [0.29, 0.717) is 18.1 Å². The molecule has 0 amide bonds. The number of rotatable bonds is 4. The van der Waals surface area contributed by atoms with Gasteiger partial charge in [-0.15, -0.1) is 0 Å². The van der Waals surface area contributed by atoms with Gasteiger partial charge in [0.05, 0.1) is 13.2 Å². The molecule has 3 nitrogen and oxygen atoms in total. The third-order valence-electron chi connectivity index (χ3n) is 4.51. The highest BCUT2D eigenvalue weighted by atomic mass is 32.2. The van der Waals surface area contributed by atoms with Crippen LogP contribution in [-0.2, 0) is 14.3 Å². The molecule has 0 aromatic rings. The van der Waals surface area contributed by atoms with Gasteiger partial charge in [-0.2, -0.15) is 11.8 Å². The summed E-state index contributed by atoms with van der Waals surface area (Å²) in [6, 6.07) is 0. The molecule has 19 heavy (non-hydrogen) atoms. The molecule has 2 bridgehead atoms. The van der Waals surface area contributed by atoms with E-state index in [-0.39, 0.29) is 6.29 Å². The Morgan fingerprint density at radius 1 is 1.05 bits per heavy atom. The summed E-state index contributed by atoms with van der Waals surface area (Å²) in [5.41, 5.74) is 0. The lowest BCUT2D eigenvalue weighted by atomic mass is 9.85. The minimum atomic E-state index is -0.129. The Balaban J connectivity index is 1.44. The number of hydrogen-bond donors (Lipinski definition) is 0. The molecule has 0 aromatic carbocycles. The van der Waals surface area contributed by atoms with E-state index in [0.717, 1.165) is 49.4 Å². The summed E-state index contributed by atoms with van der Waals surface area (Å²) in [6.45, 7) is 1.56. The highest BCUT2D eigenvalue weighted by Crippen LogP contribution is 2.44. The van der Waals surface area contributed by atoms with Crippen LogP contribution < -0.4 is 0 Å². The van der Waals surface area contributed by atoms with Gasteiger partial charge in [0, 0.05) is 29.3 Å². The lowest BCUT2D eigenvalue weighted by Crippen LogP contribution is -2.33. The van der Waals surface area contributed by atoms with Crippen molar-refractivity contribution < 1.29 is 14.3 Å². The van der Waals surface area contributed by atoms with Gasteiger partial charge in [0.25, 0.3) is 0 Å². The summed E-state index contributed by atoms with van der Waals surface area (Å²) in [5, 5.41) is 1.51. The van der Waals surface area contributed by atoms with Crippen LogP contribution in [0, 0.1) is 5.92 Å². The fraction of sp³-hybridized carbons (Fsp3) is 0.933. The van der Waals surface area contributed by atoms with Crippen molar-refractivity contribution in [3.8, 4) is 0 Å². The van der Waals surface area contributed by atoms with Crippen LogP contribution in [0.1, 0.15) is 51.4 Å². The van der Waals surface area contributed by atoms with Gasteiger partial charge in [-0.3, -0.25) is 4.79 Å². The van der Waals surface area contributed by atoms with Gasteiger partial charge in [-0.25, -0.2) is 0 Å². The van der Waals surface area contributed by atoms with Crippen LogP contribution in [0.4, 0.5) is 0 Å². The second-order valence-electron chi connectivity index (χ2n) is 6.01. The first kappa shape index (κ1) is 13.9. The Kier molecular flexibility index (Phi) is 4.83. The normalized spacial score (nSPS) is 36.1. The fourth-order valence-electron chi connectivity index (χ4n) is 3.49. The molecule has 2 unspecified atom stereocenters. The standard InChI is InChI=1S/C15H24O3S/c16-14(5-6-15-17-7-2-8-18-15)11-9-12-3-1-4-13(10-11)19-12/h11-13,15H,1-10H2. The molecule has 0 N–H and O–H groups in total. The maximum Gasteiger partial charge on any atom is 0.157 e. The zero-order valence-electron chi connectivity index (χ0n) is 11.5. The SMILES string of the molecule is O=C(CCC1OCCCO1)C1CC2CCCC(C1)S2. The third kappa shape index (κ3) is 3.73. The Labute approximate surface area is 119 Å². The third-order valence-corrected chi connectivity index (χ3v) is 6.14. The molecule has 0 radical (unpaired) electrons. The van der Waals surface area contributed by atoms with E-state index >= 15 is 0 Å². The van der Waals surface area contributed by atoms with Crippen molar-refractivity contribution in [2.75, 3.05) is 13.2 Å². The van der Waals surface area contributed by atoms with E-state index in [4.69, 9.17) is 9.47 Å². The molecule has 2 atom stereocenters. The molecule has 3 heterocycles. The number of fused-ring (bicyclic) bond motifs is 2. The summed E-state index contributed by atoms with van der Waals surface area (Å²) >= 11 is 2.14. The topological polar surface area (TPSA) is 35.5 Å². The average Bonchev–Trinajstić information content (AvgIpc) is 2.45. The largest absolute Gasteiger partial charge is 0.353 e. The number of ketones is 1. The van der Waals surface area contributed by atoms with E-state index in [9.17, 15) is 4.79 Å². The highest BCUT2D eigenvalue weighted by Gasteiger charge is 2.35. The van der Waals surface area contributed by atoms with Gasteiger partial charge in [-0.1, -0.05) is 6.42 Å². The van der Waals surface area contributed by atoms with Crippen LogP contribution in [0.2, 0.25) is 0 Å². The van der Waals surface area contributed by atoms with Crippen LogP contribution in [0.15, 0.2) is 0 Å². The fourth-order valence-corrected chi connectivity index (χ4v) is 5.33. The average molecular weight is 284 g/mol. The van der Waals surface area contributed by atoms with Crippen molar-refractivity contribution in [3.05, 3.63) is 0 Å². The molecule has 0 spiro atoms. The van der Waals surface area contributed by atoms with Gasteiger partial charge >= 0.3 is 0 Å². The summed E-state index contributed by atoms with van der Waals surface area (Å²) in [4.78, 5) is 12.4. The smallest absolute Gasteiger partial charge is 0.157 e. The second kappa shape index (κ2) is 6.59. The zero-order valence-corrected chi connectivity index (χ0v) is 12.3. The molecule has 3 aliphatic heterocycles. The van der Waals surface area contributed by atoms with Crippen LogP contribution >= 0.6 is 11.8 Å². The predicted octanol–water partition coefficient (Wildman–Crippen LogP) is 3.16. The van der Waals surface area contributed by atoms with E-state index in [2.05, 4.69) is 11.8 Å². The summed E-state index contributed by atoms with van der Waals surface area (Å²) in [5.74, 6) is 0.773. The molecular formula is C15H24O3S. The molecule has 4 heteroatoms. The molecule has 0 aliphatic carbocycles. The first-order valence-electron chi connectivity index (χ1n) is 7.72. The van der Waals surface area contributed by atoms with E-state index in [1.807, 2.05) is 0 Å². The van der Waals surface area contributed by atoms with Crippen LogP contribution in [-0.4, -0.2) is 35.8 Å². The summed E-state index contributed by atoms with van der Waals surface area (Å²) < 4.78 is 11.0. The Hall–Kier alpha value is -0.0600. The maximum atomic E-state index is 12.4. The molecular weight excluding hydrogens is 260 g/mol. The van der Waals surface area contributed by atoms with Gasteiger partial charge in [0.2, 0.25) is 0 Å². The molecule has 108 valence electrons. The van der Waals surface area contributed by atoms with E-state index < -0.39 is 0 Å². The summed E-state index contributed by atoms with van der Waals surface area (Å²) in [7, 11) is 0. The maximum absolute atomic E-state index is 12.4.